The van der Waals surface area contributed by atoms with Crippen molar-refractivity contribution in [2.75, 3.05) is 36.8 Å². The van der Waals surface area contributed by atoms with Gasteiger partial charge in [0.25, 0.3) is 5.91 Å². The number of halogens is 4. The summed E-state index contributed by atoms with van der Waals surface area (Å²) in [6.07, 6.45) is -3.07. The van der Waals surface area contributed by atoms with Crippen molar-refractivity contribution in [3.05, 3.63) is 65.1 Å². The fourth-order valence-electron chi connectivity index (χ4n) is 3.44. The molecule has 1 saturated heterocycles. The van der Waals surface area contributed by atoms with Crippen LogP contribution in [0, 0.1) is 0 Å². The topological polar surface area (TPSA) is 80.3 Å². The monoisotopic (exact) mass is 450 g/mol. The van der Waals surface area contributed by atoms with Crippen molar-refractivity contribution in [2.24, 2.45) is 0 Å². The lowest BCUT2D eigenvalue weighted by Crippen LogP contribution is -2.49. The van der Waals surface area contributed by atoms with Crippen LogP contribution in [0.25, 0.3) is 5.69 Å². The first-order valence-corrected chi connectivity index (χ1v) is 9.80. The van der Waals surface area contributed by atoms with Crippen molar-refractivity contribution in [3.63, 3.8) is 0 Å². The van der Waals surface area contributed by atoms with E-state index in [0.29, 0.717) is 37.7 Å². The summed E-state index contributed by atoms with van der Waals surface area (Å²) in [6, 6.07) is 10.5. The van der Waals surface area contributed by atoms with E-state index in [4.69, 9.17) is 17.3 Å². The number of nitrogens with zero attached hydrogens (tertiary/aromatic N) is 5. The average Bonchev–Trinajstić information content (AvgIpc) is 3.20. The number of hydrogen-bond acceptors (Lipinski definition) is 5. The van der Waals surface area contributed by atoms with E-state index in [1.54, 1.807) is 30.5 Å². The molecular formula is C20H18ClF3N6O. The molecule has 3 heterocycles. The third-order valence-corrected chi connectivity index (χ3v) is 5.30. The van der Waals surface area contributed by atoms with Gasteiger partial charge in [-0.15, -0.1) is 0 Å². The Hall–Kier alpha value is -3.27. The van der Waals surface area contributed by atoms with Crippen LogP contribution in [0.3, 0.4) is 0 Å². The minimum Gasteiger partial charge on any atom is -0.396 e. The second-order valence-corrected chi connectivity index (χ2v) is 7.38. The molecule has 1 aliphatic rings. The minimum atomic E-state index is -4.70. The van der Waals surface area contributed by atoms with Crippen LogP contribution in [-0.2, 0) is 6.18 Å². The SMILES string of the molecule is Nc1cccnc1N1CCN(C(=O)c2cc(C(F)(F)F)nn2-c2ccccc2Cl)CC1. The Balaban J connectivity index is 1.61. The maximum absolute atomic E-state index is 13.3. The van der Waals surface area contributed by atoms with Crippen LogP contribution < -0.4 is 10.6 Å². The Labute approximate surface area is 180 Å². The van der Waals surface area contributed by atoms with Crippen molar-refractivity contribution >= 4 is 29.0 Å². The van der Waals surface area contributed by atoms with Gasteiger partial charge in [0.15, 0.2) is 11.5 Å². The first-order valence-electron chi connectivity index (χ1n) is 9.42. The second-order valence-electron chi connectivity index (χ2n) is 6.97. The molecule has 11 heteroatoms. The molecule has 2 aromatic heterocycles. The van der Waals surface area contributed by atoms with Gasteiger partial charge in [-0.1, -0.05) is 23.7 Å². The van der Waals surface area contributed by atoms with Crippen molar-refractivity contribution in [1.29, 1.82) is 0 Å². The molecule has 0 spiro atoms. The largest absolute Gasteiger partial charge is 0.435 e. The predicted octanol–water partition coefficient (Wildman–Crippen LogP) is 3.48. The molecular weight excluding hydrogens is 433 g/mol. The Morgan fingerprint density at radius 1 is 1.06 bits per heavy atom. The quantitative estimate of drug-likeness (QED) is 0.660. The number of anilines is 2. The fourth-order valence-corrected chi connectivity index (χ4v) is 3.65. The number of aromatic nitrogens is 3. The summed E-state index contributed by atoms with van der Waals surface area (Å²) < 4.78 is 40.9. The summed E-state index contributed by atoms with van der Waals surface area (Å²) in [4.78, 5) is 20.8. The zero-order valence-electron chi connectivity index (χ0n) is 16.2. The summed E-state index contributed by atoms with van der Waals surface area (Å²) in [5.74, 6) is 0.0617. The molecule has 0 radical (unpaired) electrons. The molecule has 0 atom stereocenters. The minimum absolute atomic E-state index is 0.184. The summed E-state index contributed by atoms with van der Waals surface area (Å²) >= 11 is 6.15. The molecule has 1 aliphatic heterocycles. The van der Waals surface area contributed by atoms with E-state index in [1.165, 1.54) is 17.0 Å². The summed E-state index contributed by atoms with van der Waals surface area (Å²) in [5.41, 5.74) is 5.32. The van der Waals surface area contributed by atoms with Gasteiger partial charge in [-0.25, -0.2) is 9.67 Å². The highest BCUT2D eigenvalue weighted by Gasteiger charge is 2.37. The lowest BCUT2D eigenvalue weighted by molar-refractivity contribution is -0.141. The molecule has 7 nitrogen and oxygen atoms in total. The van der Waals surface area contributed by atoms with E-state index in [2.05, 4.69) is 10.1 Å². The molecule has 4 rings (SSSR count). The molecule has 2 N–H and O–H groups in total. The number of nitrogens with two attached hydrogens (primary N) is 1. The Kier molecular flexibility index (Phi) is 5.48. The molecule has 1 fully saturated rings. The van der Waals surface area contributed by atoms with Crippen LogP contribution in [0.15, 0.2) is 48.7 Å². The van der Waals surface area contributed by atoms with Gasteiger partial charge in [0.05, 0.1) is 16.4 Å². The van der Waals surface area contributed by atoms with Crippen LogP contribution in [-0.4, -0.2) is 51.8 Å². The molecule has 0 unspecified atom stereocenters. The van der Waals surface area contributed by atoms with Gasteiger partial charge in [0.1, 0.15) is 5.69 Å². The van der Waals surface area contributed by atoms with Crippen LogP contribution in [0.4, 0.5) is 24.7 Å². The van der Waals surface area contributed by atoms with Crippen molar-refractivity contribution in [3.8, 4) is 5.69 Å². The number of benzene rings is 1. The van der Waals surface area contributed by atoms with Gasteiger partial charge in [0.2, 0.25) is 0 Å². The molecule has 1 aromatic carbocycles. The molecule has 0 saturated carbocycles. The van der Waals surface area contributed by atoms with Crippen LogP contribution >= 0.6 is 11.6 Å². The van der Waals surface area contributed by atoms with Crippen molar-refractivity contribution in [2.45, 2.75) is 6.18 Å². The van der Waals surface area contributed by atoms with E-state index in [0.717, 1.165) is 10.7 Å². The van der Waals surface area contributed by atoms with E-state index in [1.807, 2.05) is 4.90 Å². The Morgan fingerprint density at radius 3 is 2.42 bits per heavy atom. The number of piperazine rings is 1. The van der Waals surface area contributed by atoms with Gasteiger partial charge in [-0.2, -0.15) is 18.3 Å². The predicted molar refractivity (Wildman–Crippen MR) is 110 cm³/mol. The average molecular weight is 451 g/mol. The number of carbonyl (C=O) groups is 1. The fraction of sp³-hybridized carbons (Fsp3) is 0.250. The number of rotatable bonds is 3. The van der Waals surface area contributed by atoms with Crippen LogP contribution in [0.1, 0.15) is 16.2 Å². The van der Waals surface area contributed by atoms with Crippen LogP contribution in [0.5, 0.6) is 0 Å². The number of pyridine rings is 1. The lowest BCUT2D eigenvalue weighted by Gasteiger charge is -2.35. The van der Waals surface area contributed by atoms with Gasteiger partial charge in [-0.05, 0) is 24.3 Å². The number of amides is 1. The highest BCUT2D eigenvalue weighted by Crippen LogP contribution is 2.31. The maximum Gasteiger partial charge on any atom is 0.435 e. The highest BCUT2D eigenvalue weighted by atomic mass is 35.5. The molecule has 3 aromatic rings. The highest BCUT2D eigenvalue weighted by molar-refractivity contribution is 6.32. The number of carbonyl (C=O) groups excluding carboxylic acids is 1. The van der Waals surface area contributed by atoms with Gasteiger partial charge in [0, 0.05) is 38.4 Å². The molecule has 0 bridgehead atoms. The Bertz CT molecular complexity index is 1110. The molecule has 31 heavy (non-hydrogen) atoms. The Morgan fingerprint density at radius 2 is 1.77 bits per heavy atom. The summed E-state index contributed by atoms with van der Waals surface area (Å²) in [7, 11) is 0. The molecule has 0 aliphatic carbocycles. The van der Waals surface area contributed by atoms with E-state index in [-0.39, 0.29) is 16.4 Å². The third-order valence-electron chi connectivity index (χ3n) is 4.98. The first-order chi connectivity index (χ1) is 14.8. The van der Waals surface area contributed by atoms with Gasteiger partial charge < -0.3 is 15.5 Å². The second kappa shape index (κ2) is 8.10. The number of para-hydroxylation sites is 1. The molecule has 1 amide bonds. The van der Waals surface area contributed by atoms with Gasteiger partial charge in [-0.3, -0.25) is 4.79 Å². The number of nitrogen functional groups attached to an aromatic ring is 1. The van der Waals surface area contributed by atoms with E-state index >= 15 is 0 Å². The number of hydrogen-bond donors (Lipinski definition) is 1. The normalized spacial score (nSPS) is 14.7. The van der Waals surface area contributed by atoms with E-state index < -0.39 is 17.8 Å². The zero-order valence-corrected chi connectivity index (χ0v) is 16.9. The zero-order chi connectivity index (χ0) is 22.2. The van der Waals surface area contributed by atoms with E-state index in [9.17, 15) is 18.0 Å². The summed E-state index contributed by atoms with van der Waals surface area (Å²) in [6.45, 7) is 1.48. The standard InChI is InChI=1S/C20H18ClF3N6O/c21-13-4-1-2-6-15(13)30-16(12-17(27-30)20(22,23)24)19(31)29-10-8-28(9-11-29)18-14(25)5-3-7-26-18/h1-7,12H,8-11,25H2. The molecule has 162 valence electrons. The number of alkyl halides is 3. The van der Waals surface area contributed by atoms with Crippen molar-refractivity contribution in [1.82, 2.24) is 19.7 Å². The van der Waals surface area contributed by atoms with Gasteiger partial charge >= 0.3 is 6.18 Å². The maximum atomic E-state index is 13.3. The van der Waals surface area contributed by atoms with Crippen molar-refractivity contribution < 1.29 is 18.0 Å². The first kappa shape index (κ1) is 21.0. The lowest BCUT2D eigenvalue weighted by atomic mass is 10.2. The third kappa shape index (κ3) is 4.15. The summed E-state index contributed by atoms with van der Waals surface area (Å²) in [5, 5.41) is 3.81. The van der Waals surface area contributed by atoms with Crippen LogP contribution in [0.2, 0.25) is 5.02 Å². The smallest absolute Gasteiger partial charge is 0.396 e.